The molecule has 0 saturated carbocycles. The monoisotopic (exact) mass is 328 g/mol. The van der Waals surface area contributed by atoms with Crippen LogP contribution in [0, 0.1) is 13.8 Å². The molecule has 0 aliphatic carbocycles. The number of aryl methyl sites for hydroxylation is 2. The van der Waals surface area contributed by atoms with Gasteiger partial charge in [-0.05, 0) is 38.1 Å². The topological polar surface area (TPSA) is 71.9 Å². The van der Waals surface area contributed by atoms with E-state index in [2.05, 4.69) is 5.10 Å². The molecule has 0 unspecified atom stereocenters. The van der Waals surface area contributed by atoms with Crippen molar-refractivity contribution in [2.45, 2.75) is 23.6 Å². The Bertz CT molecular complexity index is 998. The predicted molar refractivity (Wildman–Crippen MR) is 87.8 cm³/mol. The van der Waals surface area contributed by atoms with Crippen molar-refractivity contribution in [2.24, 2.45) is 0 Å². The molecular weight excluding hydrogens is 312 g/mol. The number of hydrogen-bond acceptors (Lipinski definition) is 3. The molecule has 0 aliphatic rings. The van der Waals surface area contributed by atoms with Gasteiger partial charge in [0.05, 0.1) is 16.3 Å². The molecule has 0 amide bonds. The van der Waals surface area contributed by atoms with Gasteiger partial charge in [-0.1, -0.05) is 35.9 Å². The first-order valence-electron chi connectivity index (χ1n) is 7.10. The van der Waals surface area contributed by atoms with Gasteiger partial charge in [-0.15, -0.1) is 0 Å². The SMILES string of the molecule is Cc1ccc(S(=O)(=O)c2c(C)[nH]n(-c3ccccc3)c2=O)cc1. The van der Waals surface area contributed by atoms with Crippen molar-refractivity contribution in [3.05, 3.63) is 76.2 Å². The van der Waals surface area contributed by atoms with Crippen molar-refractivity contribution in [2.75, 3.05) is 0 Å². The van der Waals surface area contributed by atoms with Crippen molar-refractivity contribution < 1.29 is 8.42 Å². The summed E-state index contributed by atoms with van der Waals surface area (Å²) in [5.74, 6) is 0. The van der Waals surface area contributed by atoms with E-state index in [1.807, 2.05) is 13.0 Å². The highest BCUT2D eigenvalue weighted by molar-refractivity contribution is 7.91. The summed E-state index contributed by atoms with van der Waals surface area (Å²) in [6.45, 7) is 3.46. The van der Waals surface area contributed by atoms with Crippen molar-refractivity contribution in [1.29, 1.82) is 0 Å². The molecule has 1 N–H and O–H groups in total. The summed E-state index contributed by atoms with van der Waals surface area (Å²) in [5, 5.41) is 2.84. The minimum atomic E-state index is -3.87. The number of aromatic nitrogens is 2. The van der Waals surface area contributed by atoms with E-state index in [1.165, 1.54) is 16.8 Å². The quantitative estimate of drug-likeness (QED) is 0.803. The third kappa shape index (κ3) is 2.61. The molecule has 3 aromatic rings. The van der Waals surface area contributed by atoms with E-state index < -0.39 is 15.4 Å². The molecule has 118 valence electrons. The Kier molecular flexibility index (Phi) is 3.69. The second kappa shape index (κ2) is 5.55. The third-order valence-electron chi connectivity index (χ3n) is 3.63. The molecule has 6 heteroatoms. The molecule has 0 atom stereocenters. The molecule has 0 bridgehead atoms. The fourth-order valence-electron chi connectivity index (χ4n) is 2.44. The molecule has 2 aromatic carbocycles. The summed E-state index contributed by atoms with van der Waals surface area (Å²) < 4.78 is 26.8. The fraction of sp³-hybridized carbons (Fsp3) is 0.118. The van der Waals surface area contributed by atoms with Crippen LogP contribution in [0.5, 0.6) is 0 Å². The average molecular weight is 328 g/mol. The third-order valence-corrected chi connectivity index (χ3v) is 5.54. The molecule has 3 rings (SSSR count). The number of nitrogens with one attached hydrogen (secondary N) is 1. The first-order valence-corrected chi connectivity index (χ1v) is 8.58. The van der Waals surface area contributed by atoms with Crippen molar-refractivity contribution in [1.82, 2.24) is 9.78 Å². The average Bonchev–Trinajstić information content (AvgIpc) is 2.84. The zero-order valence-corrected chi connectivity index (χ0v) is 13.6. The summed E-state index contributed by atoms with van der Waals surface area (Å²) in [7, 11) is -3.87. The van der Waals surface area contributed by atoms with Crippen LogP contribution in [0.2, 0.25) is 0 Å². The number of aromatic amines is 1. The van der Waals surface area contributed by atoms with E-state index in [0.29, 0.717) is 11.4 Å². The lowest BCUT2D eigenvalue weighted by Gasteiger charge is -2.02. The maximum absolute atomic E-state index is 12.8. The first-order chi connectivity index (χ1) is 10.9. The molecule has 0 saturated heterocycles. The number of para-hydroxylation sites is 1. The molecule has 5 nitrogen and oxygen atoms in total. The lowest BCUT2D eigenvalue weighted by Crippen LogP contribution is -2.20. The standard InChI is InChI=1S/C17H16N2O3S/c1-12-8-10-15(11-9-12)23(21,22)16-13(2)18-19(17(16)20)14-6-4-3-5-7-14/h3-11,18H,1-2H3. The molecule has 1 heterocycles. The van der Waals surface area contributed by atoms with E-state index in [9.17, 15) is 13.2 Å². The zero-order valence-electron chi connectivity index (χ0n) is 12.8. The van der Waals surface area contributed by atoms with Gasteiger partial charge in [-0.25, -0.2) is 13.1 Å². The highest BCUT2D eigenvalue weighted by Crippen LogP contribution is 2.21. The molecular formula is C17H16N2O3S. The van der Waals surface area contributed by atoms with E-state index in [1.54, 1.807) is 43.3 Å². The van der Waals surface area contributed by atoms with Gasteiger partial charge in [0, 0.05) is 0 Å². The van der Waals surface area contributed by atoms with Gasteiger partial charge < -0.3 is 0 Å². The minimum Gasteiger partial charge on any atom is -0.294 e. The van der Waals surface area contributed by atoms with E-state index in [0.717, 1.165) is 5.56 Å². The Balaban J connectivity index is 2.20. The van der Waals surface area contributed by atoms with Crippen molar-refractivity contribution in [3.63, 3.8) is 0 Å². The molecule has 23 heavy (non-hydrogen) atoms. The summed E-state index contributed by atoms with van der Waals surface area (Å²) in [6, 6.07) is 15.3. The van der Waals surface area contributed by atoms with Crippen LogP contribution in [0.3, 0.4) is 0 Å². The Morgan fingerprint density at radius 3 is 2.13 bits per heavy atom. The van der Waals surface area contributed by atoms with Gasteiger partial charge in [-0.2, -0.15) is 0 Å². The predicted octanol–water partition coefficient (Wildman–Crippen LogP) is 2.62. The zero-order chi connectivity index (χ0) is 16.6. The summed E-state index contributed by atoms with van der Waals surface area (Å²) in [6.07, 6.45) is 0. The van der Waals surface area contributed by atoms with Crippen molar-refractivity contribution in [3.8, 4) is 5.69 Å². The van der Waals surface area contributed by atoms with Crippen molar-refractivity contribution >= 4 is 9.84 Å². The van der Waals surface area contributed by atoms with Gasteiger partial charge >= 0.3 is 0 Å². The lowest BCUT2D eigenvalue weighted by molar-refractivity contribution is 0.594. The van der Waals surface area contributed by atoms with Crippen LogP contribution < -0.4 is 5.56 Å². The van der Waals surface area contributed by atoms with Crippen LogP contribution in [0.1, 0.15) is 11.3 Å². The Morgan fingerprint density at radius 1 is 0.913 bits per heavy atom. The van der Waals surface area contributed by atoms with Gasteiger partial charge in [0.1, 0.15) is 0 Å². The van der Waals surface area contributed by atoms with E-state index in [4.69, 9.17) is 0 Å². The van der Waals surface area contributed by atoms with Crippen LogP contribution in [0.15, 0.2) is 69.2 Å². The summed E-state index contributed by atoms with van der Waals surface area (Å²) in [5.41, 5.74) is 1.29. The lowest BCUT2D eigenvalue weighted by atomic mass is 10.2. The Labute approximate surface area is 134 Å². The van der Waals surface area contributed by atoms with Crippen LogP contribution in [0.4, 0.5) is 0 Å². The largest absolute Gasteiger partial charge is 0.294 e. The number of hydrogen-bond donors (Lipinski definition) is 1. The fourth-order valence-corrected chi connectivity index (χ4v) is 3.94. The Hall–Kier alpha value is -2.60. The number of nitrogens with zero attached hydrogens (tertiary/aromatic N) is 1. The number of sulfone groups is 1. The molecule has 0 radical (unpaired) electrons. The highest BCUT2D eigenvalue weighted by Gasteiger charge is 2.27. The number of H-pyrrole nitrogens is 1. The van der Waals surface area contributed by atoms with Gasteiger partial charge in [-0.3, -0.25) is 9.89 Å². The molecule has 0 fully saturated rings. The van der Waals surface area contributed by atoms with E-state index in [-0.39, 0.29) is 9.79 Å². The van der Waals surface area contributed by atoms with Gasteiger partial charge in [0.15, 0.2) is 4.90 Å². The molecule has 1 aromatic heterocycles. The summed E-state index contributed by atoms with van der Waals surface area (Å²) in [4.78, 5) is 12.5. The van der Waals surface area contributed by atoms with Crippen LogP contribution in [-0.2, 0) is 9.84 Å². The van der Waals surface area contributed by atoms with Gasteiger partial charge in [0.2, 0.25) is 9.84 Å². The maximum Gasteiger partial charge on any atom is 0.290 e. The Morgan fingerprint density at radius 2 is 1.52 bits per heavy atom. The number of benzene rings is 2. The summed E-state index contributed by atoms with van der Waals surface area (Å²) >= 11 is 0. The second-order valence-electron chi connectivity index (χ2n) is 5.36. The smallest absolute Gasteiger partial charge is 0.290 e. The second-order valence-corrected chi connectivity index (χ2v) is 7.25. The molecule has 0 spiro atoms. The maximum atomic E-state index is 12.8. The minimum absolute atomic E-state index is 0.113. The van der Waals surface area contributed by atoms with Crippen LogP contribution in [-0.4, -0.2) is 18.2 Å². The highest BCUT2D eigenvalue weighted by atomic mass is 32.2. The van der Waals surface area contributed by atoms with Gasteiger partial charge in [0.25, 0.3) is 5.56 Å². The normalized spacial score (nSPS) is 11.6. The number of rotatable bonds is 3. The van der Waals surface area contributed by atoms with E-state index >= 15 is 0 Å². The first kappa shape index (κ1) is 15.3. The molecule has 0 aliphatic heterocycles. The van der Waals surface area contributed by atoms with Crippen LogP contribution >= 0.6 is 0 Å². The van der Waals surface area contributed by atoms with Crippen LogP contribution in [0.25, 0.3) is 5.69 Å².